The van der Waals surface area contributed by atoms with Gasteiger partial charge in [0.05, 0.1) is 75.9 Å². The molecule has 32 heteroatoms. The number of aliphatic hydroxyl groups is 16. The molecule has 71 heavy (non-hydrogen) atoms. The predicted octanol–water partition coefficient (Wildman–Crippen LogP) is -14.4. The van der Waals surface area contributed by atoms with Crippen molar-refractivity contribution in [2.75, 3.05) is 39.6 Å². The molecule has 0 saturated carbocycles. The Morgan fingerprint density at radius 2 is 0.620 bits per heavy atom. The van der Waals surface area contributed by atoms with E-state index in [-0.39, 0.29) is 6.42 Å². The molecule has 6 aliphatic heterocycles. The summed E-state index contributed by atoms with van der Waals surface area (Å²) in [4.78, 5) is 0. The van der Waals surface area contributed by atoms with Crippen LogP contribution in [0.1, 0.15) is 19.3 Å². The molecule has 0 aromatic heterocycles. The van der Waals surface area contributed by atoms with Crippen molar-refractivity contribution < 1.29 is 129 Å². The second-order valence-corrected chi connectivity index (χ2v) is 18.9. The first-order chi connectivity index (χ1) is 33.5. The molecule has 32 nitrogen and oxygen atoms in total. The van der Waals surface area contributed by atoms with E-state index in [2.05, 4.69) is 0 Å². The molecule has 416 valence electrons. The molecule has 0 aromatic rings. The van der Waals surface area contributed by atoms with E-state index < -0.39 is 235 Å². The van der Waals surface area contributed by atoms with Crippen LogP contribution in [0.25, 0.3) is 0 Å². The van der Waals surface area contributed by atoms with Crippen LogP contribution < -0.4 is 34.4 Å². The van der Waals surface area contributed by atoms with Crippen LogP contribution in [-0.2, 0) is 47.4 Å². The molecule has 0 aromatic carbocycles. The van der Waals surface area contributed by atoms with Crippen molar-refractivity contribution in [3.8, 4) is 0 Å². The fourth-order valence-electron chi connectivity index (χ4n) is 9.80. The summed E-state index contributed by atoms with van der Waals surface area (Å²) in [5.41, 5.74) is 32.2. The molecular weight excluding hydrogens is 968 g/mol. The second kappa shape index (κ2) is 24.4. The lowest BCUT2D eigenvalue weighted by Crippen LogP contribution is -2.72. The van der Waals surface area contributed by atoms with Crippen molar-refractivity contribution >= 4 is 0 Å². The van der Waals surface area contributed by atoms with E-state index in [0.29, 0.717) is 0 Å². The van der Waals surface area contributed by atoms with Crippen molar-refractivity contribution in [1.82, 2.24) is 0 Å². The van der Waals surface area contributed by atoms with Crippen LogP contribution in [0.5, 0.6) is 0 Å². The number of nitrogens with two attached hydrogens (primary N) is 6. The summed E-state index contributed by atoms with van der Waals surface area (Å²) in [6.07, 6.45) is -37.8. The molecule has 0 radical (unpaired) electrons. The van der Waals surface area contributed by atoms with Gasteiger partial charge in [-0.15, -0.1) is 0 Å². The molecule has 0 spiro atoms. The Bertz CT molecular complexity index is 1550. The third-order valence-electron chi connectivity index (χ3n) is 14.4. The summed E-state index contributed by atoms with van der Waals surface area (Å²) in [6.45, 7) is -5.36. The van der Waals surface area contributed by atoms with Crippen molar-refractivity contribution in [3.05, 3.63) is 0 Å². The molecule has 6 fully saturated rings. The molecule has 6 rings (SSSR count). The first-order valence-corrected chi connectivity index (χ1v) is 23.1. The van der Waals surface area contributed by atoms with Crippen molar-refractivity contribution in [2.45, 2.75) is 202 Å². The zero-order valence-electron chi connectivity index (χ0n) is 38.2. The number of hydrogen-bond donors (Lipinski definition) is 22. The highest BCUT2D eigenvalue weighted by molar-refractivity contribution is 5.06. The van der Waals surface area contributed by atoms with Gasteiger partial charge in [0.1, 0.15) is 109 Å². The first kappa shape index (κ1) is 59.0. The minimum absolute atomic E-state index is 0.284. The van der Waals surface area contributed by atoms with Gasteiger partial charge in [-0.05, 0) is 19.3 Å². The highest BCUT2D eigenvalue weighted by atomic mass is 16.8. The standard InChI is InChI=1S/C39H74N6O26/c40-14-20(52)26(10(4-46)62-32(14)60)66-34-16(42)22(54)28(12(6-48)64-34)68-36-18(44)24(56)30(58)38(8-50,70-36)2-1-3-39(9-51)31(59)25(57)19(45)37(71-39)69-29-13(7-49)65-35(17(43)23(29)55)67-27-11(5-47)63-33(61)15(41)21(27)53/h10-37,46-61H,1-9,40-45H2/t10-,11-,12-,13-,14-,15-,16-,17-,18-,19-,20-,21-,22-,23-,24-,25-,26?,27?,28?,29?,30+,31+,32-,33-,34+,35+,36+,37+,38-,39-/m1/s1. The van der Waals surface area contributed by atoms with E-state index in [1.54, 1.807) is 0 Å². The van der Waals surface area contributed by atoms with E-state index in [1.165, 1.54) is 0 Å². The minimum atomic E-state index is -2.17. The lowest BCUT2D eigenvalue weighted by atomic mass is 9.78. The van der Waals surface area contributed by atoms with Gasteiger partial charge >= 0.3 is 0 Å². The van der Waals surface area contributed by atoms with Crippen LogP contribution in [-0.4, -0.2) is 304 Å². The van der Waals surface area contributed by atoms with Crippen LogP contribution in [0.15, 0.2) is 0 Å². The minimum Gasteiger partial charge on any atom is -0.394 e. The van der Waals surface area contributed by atoms with Gasteiger partial charge in [-0.2, -0.15) is 0 Å². The Balaban J connectivity index is 1.12. The molecule has 6 heterocycles. The van der Waals surface area contributed by atoms with Crippen molar-refractivity contribution in [3.63, 3.8) is 0 Å². The zero-order valence-corrected chi connectivity index (χ0v) is 38.2. The van der Waals surface area contributed by atoms with Crippen LogP contribution >= 0.6 is 0 Å². The highest BCUT2D eigenvalue weighted by Gasteiger charge is 2.59. The average Bonchev–Trinajstić information content (AvgIpc) is 3.36. The highest BCUT2D eigenvalue weighted by Crippen LogP contribution is 2.41. The molecule has 28 N–H and O–H groups in total. The van der Waals surface area contributed by atoms with Gasteiger partial charge in [0.15, 0.2) is 37.7 Å². The van der Waals surface area contributed by atoms with Gasteiger partial charge in [0.2, 0.25) is 0 Å². The number of ether oxygens (including phenoxy) is 10. The Kier molecular flexibility index (Phi) is 20.2. The van der Waals surface area contributed by atoms with Crippen molar-refractivity contribution in [1.29, 1.82) is 0 Å². The quantitative estimate of drug-likeness (QED) is 0.0606. The molecule has 30 atom stereocenters. The van der Waals surface area contributed by atoms with E-state index in [0.717, 1.165) is 0 Å². The zero-order chi connectivity index (χ0) is 52.6. The molecule has 6 saturated heterocycles. The summed E-state index contributed by atoms with van der Waals surface area (Å²) < 4.78 is 57.5. The summed E-state index contributed by atoms with van der Waals surface area (Å²) in [5.74, 6) is 0. The first-order valence-electron chi connectivity index (χ1n) is 23.1. The number of hydrogen-bond acceptors (Lipinski definition) is 32. The van der Waals surface area contributed by atoms with E-state index in [4.69, 9.17) is 81.8 Å². The predicted molar refractivity (Wildman–Crippen MR) is 226 cm³/mol. The summed E-state index contributed by atoms with van der Waals surface area (Å²) in [5, 5.41) is 171. The maximum atomic E-state index is 11.4. The number of rotatable bonds is 18. The van der Waals surface area contributed by atoms with Gasteiger partial charge in [-0.25, -0.2) is 0 Å². The third kappa shape index (κ3) is 11.6. The molecule has 0 aliphatic carbocycles. The SMILES string of the molecule is N[C@H]1[C@@H](OC2[C@@H](CO)O[C@@H](OC3[C@@H](CO)O[C@@H](O)[C@H](N)[C@H]3O)[C@H](N)[C@H]2O)O[C@@](CO)(CCC[C@]2(CO)O[C@H](OC3[C@@H](CO)O[C@@H](OC4[C@@H](CO)O[C@@H](O)[C@H](N)[C@H]4O)[C@H](N)[C@H]3O)[C@H](N)[C@@H](O)[C@@H]2O)[C@@H](O)[C@@H]1O. The summed E-state index contributed by atoms with van der Waals surface area (Å²) in [6, 6.07) is -9.07. The molecular formula is C39H74N6O26. The van der Waals surface area contributed by atoms with E-state index in [1.807, 2.05) is 0 Å². The average molecular weight is 1040 g/mol. The smallest absolute Gasteiger partial charge is 0.176 e. The largest absolute Gasteiger partial charge is 0.394 e. The normalized spacial score (nSPS) is 53.2. The molecule has 0 bridgehead atoms. The topological polar surface area (TPSA) is 572 Å². The molecule has 4 unspecified atom stereocenters. The van der Waals surface area contributed by atoms with Crippen LogP contribution in [0.2, 0.25) is 0 Å². The van der Waals surface area contributed by atoms with Crippen LogP contribution in [0, 0.1) is 0 Å². The molecule has 6 aliphatic rings. The fraction of sp³-hybridized carbons (Fsp3) is 1.00. The Hall–Kier alpha value is -1.28. The Morgan fingerprint density at radius 3 is 0.915 bits per heavy atom. The third-order valence-corrected chi connectivity index (χ3v) is 14.4. The van der Waals surface area contributed by atoms with E-state index >= 15 is 0 Å². The Morgan fingerprint density at radius 1 is 0.352 bits per heavy atom. The second-order valence-electron chi connectivity index (χ2n) is 18.9. The van der Waals surface area contributed by atoms with Gasteiger partial charge in [0, 0.05) is 0 Å². The van der Waals surface area contributed by atoms with Crippen LogP contribution in [0.4, 0.5) is 0 Å². The lowest BCUT2D eigenvalue weighted by Gasteiger charge is -2.52. The maximum absolute atomic E-state index is 11.4. The van der Waals surface area contributed by atoms with Gasteiger partial charge in [-0.3, -0.25) is 0 Å². The molecule has 0 amide bonds. The Labute approximate surface area is 404 Å². The summed E-state index contributed by atoms with van der Waals surface area (Å²) in [7, 11) is 0. The fourth-order valence-corrected chi connectivity index (χ4v) is 9.80. The van der Waals surface area contributed by atoms with Crippen LogP contribution in [0.3, 0.4) is 0 Å². The van der Waals surface area contributed by atoms with Crippen molar-refractivity contribution in [2.24, 2.45) is 34.4 Å². The lowest BCUT2D eigenvalue weighted by molar-refractivity contribution is -0.364. The summed E-state index contributed by atoms with van der Waals surface area (Å²) >= 11 is 0. The van der Waals surface area contributed by atoms with Gasteiger partial charge in [0.25, 0.3) is 0 Å². The monoisotopic (exact) mass is 1040 g/mol. The van der Waals surface area contributed by atoms with Gasteiger partial charge < -0.3 is 163 Å². The van der Waals surface area contributed by atoms with Gasteiger partial charge in [-0.1, -0.05) is 0 Å². The van der Waals surface area contributed by atoms with E-state index in [9.17, 15) is 81.7 Å². The maximum Gasteiger partial charge on any atom is 0.176 e. The number of aliphatic hydroxyl groups excluding tert-OH is 16.